The van der Waals surface area contributed by atoms with Gasteiger partial charge in [0.05, 0.1) is 13.0 Å². The Labute approximate surface area is 182 Å². The molecule has 0 spiro atoms. The van der Waals surface area contributed by atoms with Crippen LogP contribution < -0.4 is 5.32 Å². The number of hydrogen-bond acceptors (Lipinski definition) is 6. The van der Waals surface area contributed by atoms with E-state index in [9.17, 15) is 14.4 Å². The predicted molar refractivity (Wildman–Crippen MR) is 115 cm³/mol. The summed E-state index contributed by atoms with van der Waals surface area (Å²) in [5, 5.41) is 2.49. The number of nitrogens with one attached hydrogen (secondary N) is 1. The molecule has 0 saturated heterocycles. The molecule has 0 fully saturated rings. The van der Waals surface area contributed by atoms with Gasteiger partial charge in [-0.1, -0.05) is 60.7 Å². The molecule has 0 saturated carbocycles. The van der Waals surface area contributed by atoms with Gasteiger partial charge < -0.3 is 19.5 Å². The highest BCUT2D eigenvalue weighted by Gasteiger charge is 2.38. The largest absolute Gasteiger partial charge is 0.467 e. The zero-order valence-corrected chi connectivity index (χ0v) is 18.3. The van der Waals surface area contributed by atoms with Crippen molar-refractivity contribution in [3.8, 4) is 0 Å². The van der Waals surface area contributed by atoms with Gasteiger partial charge in [0.15, 0.2) is 0 Å². The lowest BCUT2D eigenvalue weighted by Gasteiger charge is -2.27. The maximum atomic E-state index is 13.0. The van der Waals surface area contributed by atoms with E-state index < -0.39 is 35.6 Å². The fraction of sp³-hybridized carbons (Fsp3) is 0.375. The van der Waals surface area contributed by atoms with Crippen LogP contribution in [0.1, 0.15) is 31.9 Å². The van der Waals surface area contributed by atoms with Crippen LogP contribution in [0.3, 0.4) is 0 Å². The van der Waals surface area contributed by atoms with E-state index in [0.717, 1.165) is 11.1 Å². The molecule has 7 heteroatoms. The minimum atomic E-state index is -1.27. The Morgan fingerprint density at radius 3 is 1.94 bits per heavy atom. The molecule has 31 heavy (non-hydrogen) atoms. The van der Waals surface area contributed by atoms with Gasteiger partial charge >= 0.3 is 18.0 Å². The Balaban J connectivity index is 2.25. The number of rotatable bonds is 8. The average Bonchev–Trinajstić information content (AvgIpc) is 2.74. The third-order valence-electron chi connectivity index (χ3n) is 4.35. The van der Waals surface area contributed by atoms with Crippen molar-refractivity contribution in [2.45, 2.75) is 45.4 Å². The van der Waals surface area contributed by atoms with Gasteiger partial charge in [-0.15, -0.1) is 0 Å². The lowest BCUT2D eigenvalue weighted by Crippen LogP contribution is -2.51. The normalized spacial score (nSPS) is 12.9. The highest BCUT2D eigenvalue weighted by molar-refractivity contribution is 5.88. The summed E-state index contributed by atoms with van der Waals surface area (Å²) in [6.07, 6.45) is -0.652. The molecular formula is C24H29NO6. The van der Waals surface area contributed by atoms with Crippen molar-refractivity contribution >= 4 is 18.0 Å². The van der Waals surface area contributed by atoms with Crippen molar-refractivity contribution in [3.63, 3.8) is 0 Å². The van der Waals surface area contributed by atoms with Crippen LogP contribution in [0.2, 0.25) is 0 Å². The molecule has 0 aliphatic heterocycles. The molecule has 0 radical (unpaired) electrons. The first-order valence-corrected chi connectivity index (χ1v) is 10.0. The Morgan fingerprint density at radius 2 is 1.42 bits per heavy atom. The van der Waals surface area contributed by atoms with E-state index in [1.165, 1.54) is 7.11 Å². The molecule has 2 atom stereocenters. The van der Waals surface area contributed by atoms with E-state index in [1.54, 1.807) is 20.8 Å². The summed E-state index contributed by atoms with van der Waals surface area (Å²) in [5.74, 6) is -2.39. The van der Waals surface area contributed by atoms with Gasteiger partial charge in [-0.3, -0.25) is 4.79 Å². The van der Waals surface area contributed by atoms with Crippen molar-refractivity contribution in [1.29, 1.82) is 0 Å². The SMILES string of the molecule is COC(=O)[C@@H](NC(=O)OC(C)(C)C)[C@@H](Cc1ccccc1)C(=O)OCc1ccccc1. The van der Waals surface area contributed by atoms with Gasteiger partial charge in [-0.05, 0) is 38.3 Å². The third-order valence-corrected chi connectivity index (χ3v) is 4.35. The van der Waals surface area contributed by atoms with Crippen LogP contribution in [0.25, 0.3) is 0 Å². The van der Waals surface area contributed by atoms with E-state index in [0.29, 0.717) is 0 Å². The fourth-order valence-electron chi connectivity index (χ4n) is 2.93. The molecule has 0 bridgehead atoms. The minimum absolute atomic E-state index is 0.0469. The second-order valence-corrected chi connectivity index (χ2v) is 8.04. The van der Waals surface area contributed by atoms with Gasteiger partial charge in [0.1, 0.15) is 18.2 Å². The summed E-state index contributed by atoms with van der Waals surface area (Å²) in [5.41, 5.74) is 0.848. The summed E-state index contributed by atoms with van der Waals surface area (Å²) in [7, 11) is 1.20. The number of ether oxygens (including phenoxy) is 3. The second kappa shape index (κ2) is 11.2. The van der Waals surface area contributed by atoms with Gasteiger partial charge in [0, 0.05) is 0 Å². The molecule has 2 rings (SSSR count). The van der Waals surface area contributed by atoms with Gasteiger partial charge in [-0.2, -0.15) is 0 Å². The smallest absolute Gasteiger partial charge is 0.408 e. The zero-order valence-electron chi connectivity index (χ0n) is 18.3. The van der Waals surface area contributed by atoms with E-state index in [4.69, 9.17) is 14.2 Å². The number of methoxy groups -OCH3 is 1. The number of benzene rings is 2. The summed E-state index contributed by atoms with van der Waals surface area (Å²) in [6, 6.07) is 17.1. The second-order valence-electron chi connectivity index (χ2n) is 8.04. The quantitative estimate of drug-likeness (QED) is 0.511. The number of alkyl carbamates (subject to hydrolysis) is 1. The van der Waals surface area contributed by atoms with E-state index in [1.807, 2.05) is 60.7 Å². The highest BCUT2D eigenvalue weighted by Crippen LogP contribution is 2.18. The van der Waals surface area contributed by atoms with Crippen molar-refractivity contribution < 1.29 is 28.6 Å². The maximum absolute atomic E-state index is 13.0. The molecule has 0 unspecified atom stereocenters. The van der Waals surface area contributed by atoms with Crippen LogP contribution in [0, 0.1) is 5.92 Å². The first kappa shape index (κ1) is 23.9. The van der Waals surface area contributed by atoms with Crippen molar-refractivity contribution in [3.05, 3.63) is 71.8 Å². The monoisotopic (exact) mass is 427 g/mol. The fourth-order valence-corrected chi connectivity index (χ4v) is 2.93. The lowest BCUT2D eigenvalue weighted by molar-refractivity contribution is -0.157. The Hall–Kier alpha value is -3.35. The molecule has 0 aliphatic carbocycles. The maximum Gasteiger partial charge on any atom is 0.408 e. The van der Waals surface area contributed by atoms with Crippen LogP contribution in [-0.4, -0.2) is 36.8 Å². The predicted octanol–water partition coefficient (Wildman–Crippen LogP) is 3.66. The molecular weight excluding hydrogens is 398 g/mol. The van der Waals surface area contributed by atoms with Crippen molar-refractivity contribution in [1.82, 2.24) is 5.32 Å². The first-order chi connectivity index (χ1) is 14.7. The standard InChI is InChI=1S/C24H29NO6/c1-24(2,3)31-23(28)25-20(22(27)29-4)19(15-17-11-7-5-8-12-17)21(26)30-16-18-13-9-6-10-14-18/h5-14,19-20H,15-16H2,1-4H3,(H,25,28)/t19-,20+/m1/s1. The number of amides is 1. The van der Waals surface area contributed by atoms with Crippen LogP contribution in [0.5, 0.6) is 0 Å². The highest BCUT2D eigenvalue weighted by atomic mass is 16.6. The molecule has 0 aliphatic rings. The van der Waals surface area contributed by atoms with Crippen LogP contribution >= 0.6 is 0 Å². The number of carbonyl (C=O) groups excluding carboxylic acids is 3. The molecule has 0 aromatic heterocycles. The first-order valence-electron chi connectivity index (χ1n) is 10.0. The summed E-state index contributed by atoms with van der Waals surface area (Å²) in [4.78, 5) is 37.9. The Bertz CT molecular complexity index is 861. The molecule has 0 heterocycles. The molecule has 2 aromatic carbocycles. The zero-order chi connectivity index (χ0) is 22.9. The van der Waals surface area contributed by atoms with Crippen LogP contribution in [0.15, 0.2) is 60.7 Å². The molecule has 7 nitrogen and oxygen atoms in total. The molecule has 1 amide bonds. The van der Waals surface area contributed by atoms with E-state index in [2.05, 4.69) is 5.32 Å². The number of esters is 2. The Morgan fingerprint density at radius 1 is 0.871 bits per heavy atom. The van der Waals surface area contributed by atoms with E-state index >= 15 is 0 Å². The topological polar surface area (TPSA) is 90.9 Å². The summed E-state index contributed by atoms with van der Waals surface area (Å²) < 4.78 is 15.6. The van der Waals surface area contributed by atoms with Crippen molar-refractivity contribution in [2.24, 2.45) is 5.92 Å². The van der Waals surface area contributed by atoms with Crippen LogP contribution in [-0.2, 0) is 36.8 Å². The lowest BCUT2D eigenvalue weighted by atomic mass is 9.92. The minimum Gasteiger partial charge on any atom is -0.467 e. The number of carbonyl (C=O) groups is 3. The van der Waals surface area contributed by atoms with Crippen molar-refractivity contribution in [2.75, 3.05) is 7.11 Å². The summed E-state index contributed by atoms with van der Waals surface area (Å²) in [6.45, 7) is 5.16. The van der Waals surface area contributed by atoms with Gasteiger partial charge in [0.25, 0.3) is 0 Å². The van der Waals surface area contributed by atoms with Crippen LogP contribution in [0.4, 0.5) is 4.79 Å². The molecule has 166 valence electrons. The van der Waals surface area contributed by atoms with Gasteiger partial charge in [0.2, 0.25) is 0 Å². The number of hydrogen-bond donors (Lipinski definition) is 1. The Kier molecular flexibility index (Phi) is 8.61. The van der Waals surface area contributed by atoms with Gasteiger partial charge in [-0.25, -0.2) is 9.59 Å². The summed E-state index contributed by atoms with van der Waals surface area (Å²) >= 11 is 0. The average molecular weight is 427 g/mol. The third kappa shape index (κ3) is 8.12. The molecule has 2 aromatic rings. The van der Waals surface area contributed by atoms with E-state index in [-0.39, 0.29) is 13.0 Å². The molecule has 1 N–H and O–H groups in total.